The van der Waals surface area contributed by atoms with E-state index in [1.807, 2.05) is 32.0 Å². The summed E-state index contributed by atoms with van der Waals surface area (Å²) < 4.78 is 0. The Morgan fingerprint density at radius 3 is 2.36 bits per heavy atom. The molecule has 2 heterocycles. The molecule has 150 valence electrons. The lowest BCUT2D eigenvalue weighted by atomic mass is 10.1. The Morgan fingerprint density at radius 1 is 1.11 bits per heavy atom. The summed E-state index contributed by atoms with van der Waals surface area (Å²) in [7, 11) is 0. The maximum Gasteiger partial charge on any atom is 0.224 e. The molecule has 0 aliphatic carbocycles. The monoisotopic (exact) mass is 400 g/mol. The number of nitrogens with zero attached hydrogens (tertiary/aromatic N) is 1. The summed E-state index contributed by atoms with van der Waals surface area (Å²) in [6, 6.07) is 9.94. The highest BCUT2D eigenvalue weighted by Crippen LogP contribution is 2.22. The molecule has 1 aromatic carbocycles. The summed E-state index contributed by atoms with van der Waals surface area (Å²) >= 11 is 1.62. The number of anilines is 2. The third-order valence-electron chi connectivity index (χ3n) is 5.41. The number of hydrogen-bond donors (Lipinski definition) is 2. The fraction of sp³-hybridized carbons (Fsp3) is 0.455. The Kier molecular flexibility index (Phi) is 6.86. The molecule has 2 N–H and O–H groups in total. The maximum atomic E-state index is 12.3. The van der Waals surface area contributed by atoms with Crippen LogP contribution in [0.1, 0.15) is 39.9 Å². The zero-order valence-electron chi connectivity index (χ0n) is 17.0. The molecule has 1 aromatic heterocycles. The van der Waals surface area contributed by atoms with Crippen LogP contribution in [0.3, 0.4) is 0 Å². The molecule has 28 heavy (non-hydrogen) atoms. The summed E-state index contributed by atoms with van der Waals surface area (Å²) in [5.41, 5.74) is 2.73. The van der Waals surface area contributed by atoms with Crippen molar-refractivity contribution in [1.29, 1.82) is 0 Å². The fourth-order valence-electron chi connectivity index (χ4n) is 3.68. The Labute approximate surface area is 171 Å². The first kappa shape index (κ1) is 20.6. The van der Waals surface area contributed by atoms with Gasteiger partial charge >= 0.3 is 0 Å². The number of piperazine rings is 1. The lowest BCUT2D eigenvalue weighted by molar-refractivity contribution is -0.898. The number of carbonyl (C=O) groups excluding carboxylic acids is 2. The number of carbonyl (C=O) groups is 2. The first-order valence-electron chi connectivity index (χ1n) is 10.0. The number of ketones is 1. The van der Waals surface area contributed by atoms with Crippen LogP contribution in [0, 0.1) is 13.8 Å². The molecule has 1 aliphatic rings. The molecule has 0 unspecified atom stereocenters. The highest BCUT2D eigenvalue weighted by molar-refractivity contribution is 7.12. The Bertz CT molecular complexity index is 821. The fourth-order valence-corrected chi connectivity index (χ4v) is 4.63. The van der Waals surface area contributed by atoms with Crippen molar-refractivity contribution in [3.8, 4) is 0 Å². The van der Waals surface area contributed by atoms with Crippen LogP contribution in [0.15, 0.2) is 30.3 Å². The van der Waals surface area contributed by atoms with Crippen molar-refractivity contribution in [2.75, 3.05) is 42.9 Å². The van der Waals surface area contributed by atoms with E-state index in [9.17, 15) is 9.59 Å². The van der Waals surface area contributed by atoms with E-state index in [-0.39, 0.29) is 24.5 Å². The highest BCUT2D eigenvalue weighted by Gasteiger charge is 2.18. The molecule has 3 rings (SSSR count). The van der Waals surface area contributed by atoms with E-state index in [0.29, 0.717) is 0 Å². The number of hydrogen-bond acceptors (Lipinski definition) is 4. The molecule has 0 atom stereocenters. The first-order valence-corrected chi connectivity index (χ1v) is 10.9. The highest BCUT2D eigenvalue weighted by atomic mass is 32.1. The predicted octanol–water partition coefficient (Wildman–Crippen LogP) is 2.69. The van der Waals surface area contributed by atoms with Gasteiger partial charge in [-0.25, -0.2) is 0 Å². The minimum Gasteiger partial charge on any atom is -0.360 e. The second-order valence-corrected chi connectivity index (χ2v) is 8.90. The van der Waals surface area contributed by atoms with Crippen LogP contribution < -0.4 is 15.1 Å². The zero-order valence-corrected chi connectivity index (χ0v) is 17.8. The summed E-state index contributed by atoms with van der Waals surface area (Å²) in [5.74, 6) is -0.0773. The second kappa shape index (κ2) is 9.34. The van der Waals surface area contributed by atoms with Crippen molar-refractivity contribution in [2.45, 2.75) is 33.6 Å². The molecule has 1 aliphatic heterocycles. The van der Waals surface area contributed by atoms with E-state index in [2.05, 4.69) is 29.3 Å². The molecule has 1 saturated heterocycles. The number of quaternary nitrogens is 1. The van der Waals surface area contributed by atoms with Gasteiger partial charge in [0.05, 0.1) is 32.7 Å². The molecular weight excluding hydrogens is 370 g/mol. The molecular formula is C22H30N3O2S+. The van der Waals surface area contributed by atoms with E-state index in [0.717, 1.165) is 34.1 Å². The van der Waals surface area contributed by atoms with Crippen LogP contribution in [-0.4, -0.2) is 44.4 Å². The van der Waals surface area contributed by atoms with Crippen molar-refractivity contribution >= 4 is 34.4 Å². The van der Waals surface area contributed by atoms with E-state index < -0.39 is 0 Å². The molecule has 1 amide bonds. The average molecular weight is 401 g/mol. The normalized spacial score (nSPS) is 14.9. The SMILES string of the molecule is CC[NH+]1CCN(c2ccc(NC(=O)CCC(=O)c3cc(C)sc3C)cc2)CC1. The van der Waals surface area contributed by atoms with Gasteiger partial charge in [0.25, 0.3) is 0 Å². The molecule has 0 radical (unpaired) electrons. The Hall–Kier alpha value is -2.18. The standard InChI is InChI=1S/C22H29N3O2S/c1-4-24-11-13-25(14-12-24)19-7-5-18(6-8-19)23-22(27)10-9-21(26)20-15-16(2)28-17(20)3/h5-8,15H,4,9-14H2,1-3H3,(H,23,27)/p+1. The van der Waals surface area contributed by atoms with E-state index >= 15 is 0 Å². The number of thiophene rings is 1. The van der Waals surface area contributed by atoms with Gasteiger partial charge in [0.2, 0.25) is 5.91 Å². The van der Waals surface area contributed by atoms with Crippen LogP contribution in [0.25, 0.3) is 0 Å². The van der Waals surface area contributed by atoms with Gasteiger partial charge in [-0.15, -0.1) is 11.3 Å². The molecule has 0 saturated carbocycles. The number of rotatable bonds is 7. The summed E-state index contributed by atoms with van der Waals surface area (Å²) in [6.45, 7) is 11.9. The van der Waals surface area contributed by atoms with E-state index in [4.69, 9.17) is 0 Å². The van der Waals surface area contributed by atoms with Gasteiger partial charge in [-0.3, -0.25) is 9.59 Å². The molecule has 5 nitrogen and oxygen atoms in total. The average Bonchev–Trinajstić information content (AvgIpc) is 3.05. The third kappa shape index (κ3) is 5.20. The maximum absolute atomic E-state index is 12.3. The Balaban J connectivity index is 1.48. The van der Waals surface area contributed by atoms with Crippen molar-refractivity contribution in [1.82, 2.24) is 0 Å². The zero-order chi connectivity index (χ0) is 20.1. The Morgan fingerprint density at radius 2 is 1.79 bits per heavy atom. The van der Waals surface area contributed by atoms with Crippen LogP contribution >= 0.6 is 11.3 Å². The van der Waals surface area contributed by atoms with Crippen molar-refractivity contribution < 1.29 is 14.5 Å². The second-order valence-electron chi connectivity index (χ2n) is 7.44. The minimum absolute atomic E-state index is 0.0423. The number of likely N-dealkylation sites (N-methyl/N-ethyl adjacent to an activating group) is 1. The van der Waals surface area contributed by atoms with Crippen molar-refractivity contribution in [2.24, 2.45) is 0 Å². The molecule has 2 aromatic rings. The predicted molar refractivity (Wildman–Crippen MR) is 116 cm³/mol. The number of benzene rings is 1. The van der Waals surface area contributed by atoms with Gasteiger partial charge in [0.15, 0.2) is 5.78 Å². The summed E-state index contributed by atoms with van der Waals surface area (Å²) in [5, 5.41) is 2.90. The van der Waals surface area contributed by atoms with Crippen molar-refractivity contribution in [3.63, 3.8) is 0 Å². The lowest BCUT2D eigenvalue weighted by Gasteiger charge is -2.33. The third-order valence-corrected chi connectivity index (χ3v) is 6.37. The number of nitrogens with one attached hydrogen (secondary N) is 2. The summed E-state index contributed by atoms with van der Waals surface area (Å²) in [4.78, 5) is 30.7. The minimum atomic E-state index is -0.120. The smallest absolute Gasteiger partial charge is 0.224 e. The summed E-state index contributed by atoms with van der Waals surface area (Å²) in [6.07, 6.45) is 0.446. The number of amides is 1. The van der Waals surface area contributed by atoms with Crippen LogP contribution in [0.4, 0.5) is 11.4 Å². The van der Waals surface area contributed by atoms with Gasteiger partial charge in [0.1, 0.15) is 0 Å². The van der Waals surface area contributed by atoms with Crippen LogP contribution in [0.5, 0.6) is 0 Å². The van der Waals surface area contributed by atoms with Gasteiger partial charge < -0.3 is 15.1 Å². The number of Topliss-reactive ketones (excluding diaryl/α,β-unsaturated/α-hetero) is 1. The van der Waals surface area contributed by atoms with E-state index in [1.165, 1.54) is 25.3 Å². The van der Waals surface area contributed by atoms with E-state index in [1.54, 1.807) is 16.2 Å². The van der Waals surface area contributed by atoms with Crippen molar-refractivity contribution in [3.05, 3.63) is 45.6 Å². The largest absolute Gasteiger partial charge is 0.360 e. The van der Waals surface area contributed by atoms with Crippen LogP contribution in [-0.2, 0) is 4.79 Å². The topological polar surface area (TPSA) is 53.9 Å². The molecule has 0 spiro atoms. The quantitative estimate of drug-likeness (QED) is 0.703. The van der Waals surface area contributed by atoms with Gasteiger partial charge in [-0.2, -0.15) is 0 Å². The van der Waals surface area contributed by atoms with Crippen LogP contribution in [0.2, 0.25) is 0 Å². The first-order chi connectivity index (χ1) is 13.5. The van der Waals surface area contributed by atoms with Gasteiger partial charge in [-0.05, 0) is 51.1 Å². The molecule has 1 fully saturated rings. The van der Waals surface area contributed by atoms with Gasteiger partial charge in [0, 0.05) is 39.5 Å². The van der Waals surface area contributed by atoms with Gasteiger partial charge in [-0.1, -0.05) is 0 Å². The molecule has 6 heteroatoms. The number of aryl methyl sites for hydroxylation is 2. The molecule has 0 bridgehead atoms. The lowest BCUT2D eigenvalue weighted by Crippen LogP contribution is -3.14.